The summed E-state index contributed by atoms with van der Waals surface area (Å²) in [6.45, 7) is 5.72. The van der Waals surface area contributed by atoms with Crippen molar-refractivity contribution in [3.8, 4) is 0 Å². The largest absolute Gasteiger partial charge is 0.353 e. The van der Waals surface area contributed by atoms with Crippen LogP contribution >= 0.6 is 0 Å². The molecule has 1 aromatic carbocycles. The van der Waals surface area contributed by atoms with Crippen molar-refractivity contribution in [2.24, 2.45) is 0 Å². The van der Waals surface area contributed by atoms with Crippen LogP contribution in [-0.2, 0) is 0 Å². The minimum Gasteiger partial charge on any atom is -0.353 e. The number of aryl methyl sites for hydroxylation is 1. The molecule has 0 N–H and O–H groups in total. The quantitative estimate of drug-likeness (QED) is 0.728. The normalized spacial score (nSPS) is 15.2. The Bertz CT molecular complexity index is 807. The van der Waals surface area contributed by atoms with Gasteiger partial charge in [0.1, 0.15) is 5.82 Å². The lowest BCUT2D eigenvalue weighted by Crippen LogP contribution is -2.47. The van der Waals surface area contributed by atoms with Crippen LogP contribution in [-0.4, -0.2) is 41.4 Å². The molecule has 4 rings (SSSR count). The summed E-state index contributed by atoms with van der Waals surface area (Å²) in [6.07, 6.45) is 0. The number of anilines is 2. The number of fused-ring (bicyclic) bond motifs is 1. The Morgan fingerprint density at radius 3 is 2.17 bits per heavy atom. The summed E-state index contributed by atoms with van der Waals surface area (Å²) in [5, 5.41) is 9.62. The zero-order valence-corrected chi connectivity index (χ0v) is 13.2. The average molecular weight is 305 g/mol. The van der Waals surface area contributed by atoms with Crippen LogP contribution in [0, 0.1) is 6.92 Å². The van der Waals surface area contributed by atoms with Gasteiger partial charge < -0.3 is 9.80 Å². The van der Waals surface area contributed by atoms with E-state index in [1.54, 1.807) is 0 Å². The van der Waals surface area contributed by atoms with Crippen molar-refractivity contribution in [2.45, 2.75) is 6.92 Å². The summed E-state index contributed by atoms with van der Waals surface area (Å²) in [4.78, 5) is 9.41. The summed E-state index contributed by atoms with van der Waals surface area (Å²) in [5.41, 5.74) is 2.00. The van der Waals surface area contributed by atoms with Crippen molar-refractivity contribution < 1.29 is 0 Å². The number of hydrogen-bond donors (Lipinski definition) is 0. The fourth-order valence-electron chi connectivity index (χ4n) is 2.96. The second-order valence-electron chi connectivity index (χ2n) is 5.87. The first kappa shape index (κ1) is 13.9. The smallest absolute Gasteiger partial charge is 0.151 e. The zero-order chi connectivity index (χ0) is 15.6. The minimum absolute atomic E-state index is 0.937. The summed E-state index contributed by atoms with van der Waals surface area (Å²) in [6, 6.07) is 16.6. The van der Waals surface area contributed by atoms with E-state index in [0.29, 0.717) is 0 Å². The van der Waals surface area contributed by atoms with Gasteiger partial charge in [-0.25, -0.2) is 4.98 Å². The highest BCUT2D eigenvalue weighted by Crippen LogP contribution is 2.20. The Kier molecular flexibility index (Phi) is 3.54. The highest BCUT2D eigenvalue weighted by atomic mass is 15.3. The minimum atomic E-state index is 0.937. The van der Waals surface area contributed by atoms with E-state index < -0.39 is 0 Å². The summed E-state index contributed by atoms with van der Waals surface area (Å²) in [5.74, 6) is 2.01. The second-order valence-corrected chi connectivity index (χ2v) is 5.87. The van der Waals surface area contributed by atoms with Crippen LogP contribution < -0.4 is 9.80 Å². The predicted octanol–water partition coefficient (Wildman–Crippen LogP) is 2.66. The van der Waals surface area contributed by atoms with Crippen molar-refractivity contribution in [1.82, 2.24) is 15.2 Å². The van der Waals surface area contributed by atoms with Gasteiger partial charge in [-0.15, -0.1) is 5.10 Å². The fourth-order valence-corrected chi connectivity index (χ4v) is 2.96. The molecule has 5 heteroatoms. The number of para-hydroxylation sites is 1. The molecule has 0 aliphatic carbocycles. The molecular formula is C18H19N5. The molecule has 116 valence electrons. The van der Waals surface area contributed by atoms with Gasteiger partial charge in [0, 0.05) is 31.6 Å². The molecule has 0 unspecified atom stereocenters. The first-order chi connectivity index (χ1) is 11.3. The SMILES string of the molecule is Cc1ccc(N2CCN(c3ccc4ccccc4n3)CC2)nn1. The Morgan fingerprint density at radius 1 is 0.739 bits per heavy atom. The third kappa shape index (κ3) is 2.82. The van der Waals surface area contributed by atoms with Crippen LogP contribution in [0.3, 0.4) is 0 Å². The van der Waals surface area contributed by atoms with Gasteiger partial charge >= 0.3 is 0 Å². The van der Waals surface area contributed by atoms with Gasteiger partial charge in [-0.1, -0.05) is 18.2 Å². The van der Waals surface area contributed by atoms with E-state index in [-0.39, 0.29) is 0 Å². The number of rotatable bonds is 2. The highest BCUT2D eigenvalue weighted by Gasteiger charge is 2.19. The Labute approximate surface area is 135 Å². The second kappa shape index (κ2) is 5.83. The monoisotopic (exact) mass is 305 g/mol. The third-order valence-corrected chi connectivity index (χ3v) is 4.30. The summed E-state index contributed by atoms with van der Waals surface area (Å²) < 4.78 is 0. The van der Waals surface area contributed by atoms with E-state index in [1.807, 2.05) is 31.2 Å². The maximum atomic E-state index is 4.79. The molecule has 2 aromatic heterocycles. The van der Waals surface area contributed by atoms with Crippen molar-refractivity contribution >= 4 is 22.5 Å². The van der Waals surface area contributed by atoms with Gasteiger partial charge in [-0.3, -0.25) is 0 Å². The van der Waals surface area contributed by atoms with Gasteiger partial charge in [-0.2, -0.15) is 5.10 Å². The summed E-state index contributed by atoms with van der Waals surface area (Å²) >= 11 is 0. The molecule has 0 saturated carbocycles. The van der Waals surface area contributed by atoms with Crippen molar-refractivity contribution in [3.63, 3.8) is 0 Å². The number of nitrogens with zero attached hydrogens (tertiary/aromatic N) is 5. The number of hydrogen-bond acceptors (Lipinski definition) is 5. The topological polar surface area (TPSA) is 45.2 Å². The van der Waals surface area contributed by atoms with Crippen LogP contribution in [0.15, 0.2) is 48.5 Å². The van der Waals surface area contributed by atoms with E-state index >= 15 is 0 Å². The molecule has 0 amide bonds. The summed E-state index contributed by atoms with van der Waals surface area (Å²) in [7, 11) is 0. The molecule has 1 saturated heterocycles. The average Bonchev–Trinajstić information content (AvgIpc) is 2.62. The van der Waals surface area contributed by atoms with E-state index in [4.69, 9.17) is 4.98 Å². The lowest BCUT2D eigenvalue weighted by molar-refractivity contribution is 0.638. The Balaban J connectivity index is 1.49. The van der Waals surface area contributed by atoms with E-state index in [1.165, 1.54) is 5.39 Å². The Hall–Kier alpha value is -2.69. The molecule has 23 heavy (non-hydrogen) atoms. The van der Waals surface area contributed by atoms with E-state index in [0.717, 1.165) is 49.0 Å². The lowest BCUT2D eigenvalue weighted by atomic mass is 10.2. The van der Waals surface area contributed by atoms with Crippen molar-refractivity contribution in [2.75, 3.05) is 36.0 Å². The molecule has 3 heterocycles. The first-order valence-electron chi connectivity index (χ1n) is 7.96. The maximum absolute atomic E-state index is 4.79. The van der Waals surface area contributed by atoms with Gasteiger partial charge in [0.25, 0.3) is 0 Å². The van der Waals surface area contributed by atoms with Crippen molar-refractivity contribution in [3.05, 3.63) is 54.2 Å². The van der Waals surface area contributed by atoms with E-state index in [2.05, 4.69) is 44.3 Å². The number of piperazine rings is 1. The van der Waals surface area contributed by atoms with Crippen LogP contribution in [0.4, 0.5) is 11.6 Å². The standard InChI is InChI=1S/C18H19N5/c1-14-6-8-18(21-20-14)23-12-10-22(11-13-23)17-9-7-15-4-2-3-5-16(15)19-17/h2-9H,10-13H2,1H3. The predicted molar refractivity (Wildman–Crippen MR) is 92.9 cm³/mol. The van der Waals surface area contributed by atoms with Crippen LogP contribution in [0.5, 0.6) is 0 Å². The molecule has 0 atom stereocenters. The molecule has 5 nitrogen and oxygen atoms in total. The van der Waals surface area contributed by atoms with Crippen LogP contribution in [0.1, 0.15) is 5.69 Å². The maximum Gasteiger partial charge on any atom is 0.151 e. The molecule has 1 fully saturated rings. The van der Waals surface area contributed by atoms with Gasteiger partial charge in [-0.05, 0) is 37.3 Å². The van der Waals surface area contributed by atoms with Crippen LogP contribution in [0.25, 0.3) is 10.9 Å². The molecule has 1 aliphatic heterocycles. The highest BCUT2D eigenvalue weighted by molar-refractivity contribution is 5.80. The van der Waals surface area contributed by atoms with Gasteiger partial charge in [0.05, 0.1) is 11.2 Å². The van der Waals surface area contributed by atoms with Gasteiger partial charge in [0.15, 0.2) is 5.82 Å². The molecule has 1 aliphatic rings. The van der Waals surface area contributed by atoms with Crippen molar-refractivity contribution in [1.29, 1.82) is 0 Å². The van der Waals surface area contributed by atoms with Crippen LogP contribution in [0.2, 0.25) is 0 Å². The fraction of sp³-hybridized carbons (Fsp3) is 0.278. The first-order valence-corrected chi connectivity index (χ1v) is 7.96. The molecule has 0 bridgehead atoms. The molecular weight excluding hydrogens is 286 g/mol. The lowest BCUT2D eigenvalue weighted by Gasteiger charge is -2.35. The Morgan fingerprint density at radius 2 is 1.43 bits per heavy atom. The third-order valence-electron chi connectivity index (χ3n) is 4.30. The molecule has 3 aromatic rings. The number of benzene rings is 1. The van der Waals surface area contributed by atoms with E-state index in [9.17, 15) is 0 Å². The molecule has 0 spiro atoms. The zero-order valence-electron chi connectivity index (χ0n) is 13.2. The molecule has 0 radical (unpaired) electrons. The van der Waals surface area contributed by atoms with Gasteiger partial charge in [0.2, 0.25) is 0 Å². The number of aromatic nitrogens is 3. The number of pyridine rings is 1.